The first-order valence-electron chi connectivity index (χ1n) is 19.4. The highest BCUT2D eigenvalue weighted by Crippen LogP contribution is 2.30. The molecule has 9 heteroatoms. The Kier molecular flexibility index (Phi) is 33.2. The number of unbranched alkanes of at least 4 members (excludes halogenated alkanes) is 24. The summed E-state index contributed by atoms with van der Waals surface area (Å²) in [5.74, 6) is -0.151. The van der Waals surface area contributed by atoms with Crippen molar-refractivity contribution in [1.29, 1.82) is 0 Å². The Morgan fingerprint density at radius 2 is 0.809 bits per heavy atom. The molecule has 0 aromatic heterocycles. The van der Waals surface area contributed by atoms with Crippen molar-refractivity contribution < 1.29 is 31.8 Å². The highest BCUT2D eigenvalue weighted by Gasteiger charge is 2.46. The lowest BCUT2D eigenvalue weighted by atomic mass is 9.70. The van der Waals surface area contributed by atoms with Crippen molar-refractivity contribution in [3.05, 3.63) is 0 Å². The molecule has 0 amide bonds. The maximum atomic E-state index is 13.3. The molecular formula is C38H77NO7S. The van der Waals surface area contributed by atoms with E-state index in [9.17, 15) is 23.1 Å². The van der Waals surface area contributed by atoms with Gasteiger partial charge in [-0.1, -0.05) is 168 Å². The lowest BCUT2D eigenvalue weighted by Gasteiger charge is -2.34. The van der Waals surface area contributed by atoms with Gasteiger partial charge in [-0.2, -0.15) is 8.42 Å². The zero-order valence-corrected chi connectivity index (χ0v) is 32.2. The van der Waals surface area contributed by atoms with Crippen LogP contribution in [0.5, 0.6) is 0 Å². The molecule has 0 saturated carbocycles. The zero-order valence-electron chi connectivity index (χ0n) is 31.4. The van der Waals surface area contributed by atoms with Gasteiger partial charge in [-0.3, -0.25) is 18.3 Å². The molecule has 0 radical (unpaired) electrons. The van der Waals surface area contributed by atoms with E-state index in [-0.39, 0.29) is 11.6 Å². The summed E-state index contributed by atoms with van der Waals surface area (Å²) in [6.07, 6.45) is 32.7. The summed E-state index contributed by atoms with van der Waals surface area (Å²) >= 11 is 0. The van der Waals surface area contributed by atoms with E-state index in [1.165, 1.54) is 128 Å². The maximum Gasteiger partial charge on any atom is 0.397 e. The molecule has 0 aliphatic rings. The monoisotopic (exact) mass is 692 g/mol. The van der Waals surface area contributed by atoms with Gasteiger partial charge in [-0.15, -0.1) is 0 Å². The number of hydrogen-bond acceptors (Lipinski definition) is 7. The van der Waals surface area contributed by atoms with Gasteiger partial charge in [0.05, 0.1) is 13.2 Å². The molecule has 0 spiro atoms. The van der Waals surface area contributed by atoms with Crippen LogP contribution in [0.15, 0.2) is 0 Å². The average molecular weight is 692 g/mol. The number of hydrogen-bond donors (Lipinski definition) is 3. The van der Waals surface area contributed by atoms with Crippen LogP contribution in [0.4, 0.5) is 0 Å². The number of Topliss-reactive ketones (excluding diaryl/α,β-unsaturated/α-hetero) is 2. The van der Waals surface area contributed by atoms with Crippen LogP contribution in [0.25, 0.3) is 0 Å². The molecule has 0 aliphatic carbocycles. The number of ketones is 2. The van der Waals surface area contributed by atoms with Gasteiger partial charge in [0.15, 0.2) is 0 Å². The van der Waals surface area contributed by atoms with Crippen molar-refractivity contribution in [2.45, 2.75) is 220 Å². The summed E-state index contributed by atoms with van der Waals surface area (Å²) in [7, 11) is -3.29. The van der Waals surface area contributed by atoms with Gasteiger partial charge in [0.1, 0.15) is 17.0 Å². The second kappa shape index (κ2) is 32.3. The number of rotatable bonds is 33. The molecule has 0 bridgehead atoms. The molecule has 0 aromatic rings. The molecule has 0 aromatic carbocycles. The summed E-state index contributed by atoms with van der Waals surface area (Å²) < 4.78 is 29.7. The molecule has 47 heavy (non-hydrogen) atoms. The number of carbonyl (C=O) groups is 2. The minimum atomic E-state index is -4.16. The molecule has 4 N–H and O–H groups in total. The van der Waals surface area contributed by atoms with E-state index in [4.69, 9.17) is 10.3 Å². The number of carbonyl (C=O) groups excluding carboxylic acids is 2. The molecule has 0 aliphatic heterocycles. The minimum absolute atomic E-state index is 0.0753. The van der Waals surface area contributed by atoms with E-state index < -0.39 is 28.0 Å². The highest BCUT2D eigenvalue weighted by atomic mass is 32.3. The summed E-state index contributed by atoms with van der Waals surface area (Å²) in [6.45, 7) is 7.82. The van der Waals surface area contributed by atoms with Gasteiger partial charge in [0.25, 0.3) is 0 Å². The molecular weight excluding hydrogens is 614 g/mol. The first kappa shape index (κ1) is 48.2. The largest absolute Gasteiger partial charge is 0.397 e. The van der Waals surface area contributed by atoms with Crippen LogP contribution in [-0.2, 0) is 24.2 Å². The van der Waals surface area contributed by atoms with Crippen LogP contribution < -0.4 is 5.73 Å². The molecule has 0 saturated heterocycles. The molecule has 2 unspecified atom stereocenters. The van der Waals surface area contributed by atoms with E-state index in [1.807, 2.05) is 0 Å². The van der Waals surface area contributed by atoms with Crippen molar-refractivity contribution in [2.24, 2.45) is 11.1 Å². The predicted molar refractivity (Wildman–Crippen MR) is 197 cm³/mol. The average Bonchev–Trinajstić information content (AvgIpc) is 3.04. The smallest absolute Gasteiger partial charge is 0.392 e. The van der Waals surface area contributed by atoms with Crippen LogP contribution in [0.3, 0.4) is 0 Å². The Hall–Kier alpha value is -0.870. The Bertz CT molecular complexity index is 790. The SMILES string of the molecule is CCCCCCCCCCCCCCCC(=O)C(C)(C(=O)CCCCCCCCCCCCCCC)C(N)C(C)O.COS(=O)(=O)O. The third-order valence-electron chi connectivity index (χ3n) is 9.57. The standard InChI is InChI=1S/C37H73NO3.CH4O4S/c1-5-7-9-11-13-15-17-19-21-23-25-27-29-31-34(40)37(4,36(38)33(3)39)35(41)32-30-28-26-24-22-20-18-16-14-12-10-8-6-2;1-5-6(2,3)4/h33,36,39H,5-32,38H2,1-4H3;1H3,(H,2,3,4). The number of aliphatic hydroxyl groups is 1. The van der Waals surface area contributed by atoms with Crippen molar-refractivity contribution in [3.8, 4) is 0 Å². The number of nitrogens with two attached hydrogens (primary N) is 1. The van der Waals surface area contributed by atoms with Gasteiger partial charge >= 0.3 is 10.4 Å². The molecule has 2 atom stereocenters. The van der Waals surface area contributed by atoms with Crippen molar-refractivity contribution >= 4 is 22.0 Å². The van der Waals surface area contributed by atoms with Crippen LogP contribution in [0, 0.1) is 5.41 Å². The van der Waals surface area contributed by atoms with E-state index in [0.29, 0.717) is 12.8 Å². The van der Waals surface area contributed by atoms with Crippen LogP contribution in [-0.4, -0.2) is 48.9 Å². The Morgan fingerprint density at radius 1 is 0.596 bits per heavy atom. The van der Waals surface area contributed by atoms with E-state index in [2.05, 4.69) is 18.0 Å². The third-order valence-corrected chi connectivity index (χ3v) is 9.99. The maximum absolute atomic E-state index is 13.3. The fraction of sp³-hybridized carbons (Fsp3) is 0.947. The minimum Gasteiger partial charge on any atom is -0.392 e. The quantitative estimate of drug-likeness (QED) is 0.0350. The van der Waals surface area contributed by atoms with Gasteiger partial charge in [-0.25, -0.2) is 0 Å². The van der Waals surface area contributed by atoms with Crippen LogP contribution >= 0.6 is 0 Å². The molecule has 0 heterocycles. The Morgan fingerprint density at radius 3 is 1.00 bits per heavy atom. The summed E-state index contributed by atoms with van der Waals surface area (Å²) in [6, 6.07) is -0.841. The Labute approximate surface area is 291 Å². The normalized spacial score (nSPS) is 13.2. The summed E-state index contributed by atoms with van der Waals surface area (Å²) in [4.78, 5) is 26.6. The second-order valence-corrected chi connectivity index (χ2v) is 15.1. The van der Waals surface area contributed by atoms with E-state index in [0.717, 1.165) is 45.6 Å². The van der Waals surface area contributed by atoms with Gasteiger partial charge in [0, 0.05) is 18.9 Å². The number of aliphatic hydroxyl groups excluding tert-OH is 1. The lowest BCUT2D eigenvalue weighted by Crippen LogP contribution is -2.55. The first-order valence-corrected chi connectivity index (χ1v) is 20.8. The Balaban J connectivity index is 0. The van der Waals surface area contributed by atoms with Gasteiger partial charge in [0.2, 0.25) is 0 Å². The lowest BCUT2D eigenvalue weighted by molar-refractivity contribution is -0.143. The highest BCUT2D eigenvalue weighted by molar-refractivity contribution is 7.80. The summed E-state index contributed by atoms with van der Waals surface area (Å²) in [5.41, 5.74) is 5.02. The molecule has 282 valence electrons. The zero-order chi connectivity index (χ0) is 35.8. The van der Waals surface area contributed by atoms with E-state index in [1.54, 1.807) is 13.8 Å². The van der Waals surface area contributed by atoms with E-state index >= 15 is 0 Å². The first-order chi connectivity index (χ1) is 22.4. The van der Waals surface area contributed by atoms with Crippen molar-refractivity contribution in [1.82, 2.24) is 0 Å². The van der Waals surface area contributed by atoms with Crippen molar-refractivity contribution in [3.63, 3.8) is 0 Å². The topological polar surface area (TPSA) is 144 Å². The van der Waals surface area contributed by atoms with Gasteiger partial charge in [-0.05, 0) is 26.7 Å². The fourth-order valence-corrected chi connectivity index (χ4v) is 6.14. The fourth-order valence-electron chi connectivity index (χ4n) is 6.14. The van der Waals surface area contributed by atoms with Crippen molar-refractivity contribution in [2.75, 3.05) is 7.11 Å². The predicted octanol–water partition coefficient (Wildman–Crippen LogP) is 10.2. The van der Waals surface area contributed by atoms with Gasteiger partial charge < -0.3 is 10.8 Å². The molecule has 8 nitrogen and oxygen atoms in total. The molecule has 0 fully saturated rings. The second-order valence-electron chi connectivity index (χ2n) is 13.9. The third kappa shape index (κ3) is 28.7. The van der Waals surface area contributed by atoms with Crippen LogP contribution in [0.2, 0.25) is 0 Å². The summed E-state index contributed by atoms with van der Waals surface area (Å²) in [5, 5.41) is 10.2. The van der Waals surface area contributed by atoms with Crippen LogP contribution in [0.1, 0.15) is 207 Å². The molecule has 0 rings (SSSR count).